The van der Waals surface area contributed by atoms with Crippen LogP contribution in [0.4, 0.5) is 5.69 Å². The van der Waals surface area contributed by atoms with Crippen LogP contribution in [0.3, 0.4) is 0 Å². The molecule has 1 N–H and O–H groups in total. The Hall–Kier alpha value is -3.81. The molecule has 2 aromatic carbocycles. The van der Waals surface area contributed by atoms with Crippen LogP contribution in [-0.2, 0) is 16.6 Å². The van der Waals surface area contributed by atoms with Crippen molar-refractivity contribution in [1.82, 2.24) is 14.3 Å². The number of nitrogens with one attached hydrogen (secondary N) is 1. The third kappa shape index (κ3) is 4.80. The van der Waals surface area contributed by atoms with Gasteiger partial charge in [0.25, 0.3) is 5.56 Å². The second kappa shape index (κ2) is 10.8. The van der Waals surface area contributed by atoms with Crippen LogP contribution in [0, 0.1) is 12.8 Å². The molecule has 36 heavy (non-hydrogen) atoms. The Kier molecular flexibility index (Phi) is 7.62. The Bertz CT molecular complexity index is 1280. The maximum Gasteiger partial charge on any atom is 0.295 e. The van der Waals surface area contributed by atoms with Crippen molar-refractivity contribution >= 4 is 17.5 Å². The zero-order valence-corrected chi connectivity index (χ0v) is 21.4. The number of methoxy groups -OCH3 is 1. The number of benzene rings is 2. The average molecular weight is 491 g/mol. The van der Waals surface area contributed by atoms with Gasteiger partial charge in [0.05, 0.1) is 30.5 Å². The van der Waals surface area contributed by atoms with E-state index in [0.717, 1.165) is 24.1 Å². The van der Waals surface area contributed by atoms with Crippen molar-refractivity contribution in [2.24, 2.45) is 13.0 Å². The first-order chi connectivity index (χ1) is 17.4. The molecule has 2 atom stereocenters. The van der Waals surface area contributed by atoms with E-state index in [9.17, 15) is 14.4 Å². The maximum absolute atomic E-state index is 13.7. The molecule has 1 saturated heterocycles. The minimum absolute atomic E-state index is 0.0515. The van der Waals surface area contributed by atoms with Gasteiger partial charge in [0.15, 0.2) is 0 Å². The van der Waals surface area contributed by atoms with Gasteiger partial charge in [-0.05, 0) is 49.6 Å². The first-order valence-corrected chi connectivity index (χ1v) is 12.5. The molecule has 0 bridgehead atoms. The van der Waals surface area contributed by atoms with Crippen LogP contribution in [-0.4, -0.2) is 39.7 Å². The number of carbonyl (C=O) groups is 2. The number of hydrogen-bond acceptors (Lipinski definition) is 4. The lowest BCUT2D eigenvalue weighted by atomic mass is 9.83. The first kappa shape index (κ1) is 25.3. The first-order valence-electron chi connectivity index (χ1n) is 12.5. The molecule has 190 valence electrons. The number of ether oxygens (including phenoxy) is 1. The Balaban J connectivity index is 1.69. The molecule has 2 amide bonds. The Morgan fingerprint density at radius 1 is 1.08 bits per heavy atom. The summed E-state index contributed by atoms with van der Waals surface area (Å²) in [4.78, 5) is 41.9. The van der Waals surface area contributed by atoms with Gasteiger partial charge in [-0.15, -0.1) is 0 Å². The molecule has 0 radical (unpaired) electrons. The molecule has 1 aliphatic heterocycles. The number of nitrogens with zero attached hydrogens (tertiary/aromatic N) is 3. The molecule has 0 saturated carbocycles. The van der Waals surface area contributed by atoms with E-state index < -0.39 is 12.0 Å². The van der Waals surface area contributed by atoms with E-state index in [1.165, 1.54) is 0 Å². The summed E-state index contributed by atoms with van der Waals surface area (Å²) in [6.07, 6.45) is 2.52. The normalized spacial score (nSPS) is 17.8. The number of hydrogen-bond donors (Lipinski definition) is 1. The average Bonchev–Trinajstić information content (AvgIpc) is 3.11. The highest BCUT2D eigenvalue weighted by molar-refractivity contribution is 5.95. The van der Waals surface area contributed by atoms with Gasteiger partial charge in [-0.2, -0.15) is 0 Å². The van der Waals surface area contributed by atoms with E-state index in [1.807, 2.05) is 66.4 Å². The zero-order chi connectivity index (χ0) is 25.8. The summed E-state index contributed by atoms with van der Waals surface area (Å²) in [5.74, 6) is 0.0203. The molecule has 0 unspecified atom stereocenters. The quantitative estimate of drug-likeness (QED) is 0.513. The number of para-hydroxylation sites is 1. The lowest BCUT2D eigenvalue weighted by Gasteiger charge is -2.41. The van der Waals surface area contributed by atoms with Crippen LogP contribution in [0.25, 0.3) is 5.69 Å². The molecule has 1 aliphatic rings. The van der Waals surface area contributed by atoms with Gasteiger partial charge in [0.1, 0.15) is 11.4 Å². The number of anilines is 1. The molecule has 3 aromatic rings. The van der Waals surface area contributed by atoms with Crippen molar-refractivity contribution in [3.05, 3.63) is 76.2 Å². The second-order valence-corrected chi connectivity index (χ2v) is 9.23. The van der Waals surface area contributed by atoms with Crippen molar-refractivity contribution in [2.45, 2.75) is 45.6 Å². The lowest BCUT2D eigenvalue weighted by Crippen LogP contribution is -2.47. The number of amides is 2. The van der Waals surface area contributed by atoms with Crippen molar-refractivity contribution in [2.75, 3.05) is 19.0 Å². The zero-order valence-electron chi connectivity index (χ0n) is 21.4. The van der Waals surface area contributed by atoms with Crippen LogP contribution in [0.2, 0.25) is 0 Å². The Labute approximate surface area is 211 Å². The SMILES string of the molecule is CCCCN1C(=O)CC[C@@H](C(=O)Nc2c(C)n(C)n(-c3ccccc3)c2=O)[C@@H]1c1ccc(OC)cc1. The molecule has 8 nitrogen and oxygen atoms in total. The summed E-state index contributed by atoms with van der Waals surface area (Å²) in [5.41, 5.74) is 2.24. The van der Waals surface area contributed by atoms with E-state index in [-0.39, 0.29) is 23.1 Å². The third-order valence-corrected chi connectivity index (χ3v) is 7.06. The minimum atomic E-state index is -0.489. The van der Waals surface area contributed by atoms with Crippen molar-refractivity contribution in [3.8, 4) is 11.4 Å². The molecule has 0 aliphatic carbocycles. The van der Waals surface area contributed by atoms with Crippen LogP contribution >= 0.6 is 0 Å². The fourth-order valence-electron chi connectivity index (χ4n) is 4.96. The minimum Gasteiger partial charge on any atom is -0.497 e. The number of rotatable bonds is 8. The topological polar surface area (TPSA) is 85.6 Å². The summed E-state index contributed by atoms with van der Waals surface area (Å²) in [7, 11) is 3.40. The number of likely N-dealkylation sites (tertiary alicyclic amines) is 1. The maximum atomic E-state index is 13.7. The van der Waals surface area contributed by atoms with E-state index >= 15 is 0 Å². The van der Waals surface area contributed by atoms with E-state index in [2.05, 4.69) is 12.2 Å². The van der Waals surface area contributed by atoms with Crippen molar-refractivity contribution in [1.29, 1.82) is 0 Å². The van der Waals surface area contributed by atoms with Gasteiger partial charge in [0, 0.05) is 20.0 Å². The van der Waals surface area contributed by atoms with Gasteiger partial charge in [-0.25, -0.2) is 4.68 Å². The summed E-state index contributed by atoms with van der Waals surface area (Å²) < 4.78 is 8.59. The van der Waals surface area contributed by atoms with Gasteiger partial charge in [0.2, 0.25) is 11.8 Å². The molecule has 0 spiro atoms. The highest BCUT2D eigenvalue weighted by Crippen LogP contribution is 2.38. The van der Waals surface area contributed by atoms with E-state index in [1.54, 1.807) is 23.5 Å². The van der Waals surface area contributed by atoms with Gasteiger partial charge < -0.3 is 15.0 Å². The number of unbranched alkanes of at least 4 members (excludes halogenated alkanes) is 1. The molecular weight excluding hydrogens is 456 g/mol. The highest BCUT2D eigenvalue weighted by atomic mass is 16.5. The second-order valence-electron chi connectivity index (χ2n) is 9.23. The summed E-state index contributed by atoms with van der Waals surface area (Å²) in [6.45, 7) is 4.48. The Morgan fingerprint density at radius 3 is 2.42 bits per heavy atom. The van der Waals surface area contributed by atoms with Gasteiger partial charge >= 0.3 is 0 Å². The summed E-state index contributed by atoms with van der Waals surface area (Å²) in [5, 5.41) is 2.94. The van der Waals surface area contributed by atoms with Gasteiger partial charge in [-0.1, -0.05) is 43.7 Å². The molecule has 2 heterocycles. The summed E-state index contributed by atoms with van der Waals surface area (Å²) in [6, 6.07) is 16.4. The number of piperidine rings is 1. The molecular formula is C28H34N4O4. The molecule has 4 rings (SSSR count). The molecule has 1 fully saturated rings. The predicted molar refractivity (Wildman–Crippen MR) is 139 cm³/mol. The van der Waals surface area contributed by atoms with Crippen LogP contribution in [0.1, 0.15) is 49.9 Å². The van der Waals surface area contributed by atoms with Crippen LogP contribution in [0.15, 0.2) is 59.4 Å². The standard InChI is InChI=1S/C28H34N4O4/c1-5-6-18-31-24(33)17-16-23(26(31)20-12-14-22(36-4)15-13-20)27(34)29-25-19(2)30(3)32(28(25)35)21-10-8-7-9-11-21/h7-15,23,26H,5-6,16-18H2,1-4H3,(H,29,34)/t23-,26+/m1/s1. The largest absolute Gasteiger partial charge is 0.497 e. The number of carbonyl (C=O) groups excluding carboxylic acids is 2. The number of aromatic nitrogens is 2. The van der Waals surface area contributed by atoms with Crippen molar-refractivity contribution < 1.29 is 14.3 Å². The fourth-order valence-corrected chi connectivity index (χ4v) is 4.96. The molecule has 1 aromatic heterocycles. The van der Waals surface area contributed by atoms with Crippen LogP contribution < -0.4 is 15.6 Å². The van der Waals surface area contributed by atoms with Crippen LogP contribution in [0.5, 0.6) is 5.75 Å². The third-order valence-electron chi connectivity index (χ3n) is 7.06. The lowest BCUT2D eigenvalue weighted by molar-refractivity contribution is -0.142. The van der Waals surface area contributed by atoms with Crippen molar-refractivity contribution in [3.63, 3.8) is 0 Å². The summed E-state index contributed by atoms with van der Waals surface area (Å²) >= 11 is 0. The Morgan fingerprint density at radius 2 is 1.78 bits per heavy atom. The van der Waals surface area contributed by atoms with E-state index in [0.29, 0.717) is 30.8 Å². The molecule has 8 heteroatoms. The fraction of sp³-hybridized carbons (Fsp3) is 0.393. The highest BCUT2D eigenvalue weighted by Gasteiger charge is 2.40. The van der Waals surface area contributed by atoms with E-state index in [4.69, 9.17) is 4.74 Å². The van der Waals surface area contributed by atoms with Gasteiger partial charge in [-0.3, -0.25) is 19.1 Å². The smallest absolute Gasteiger partial charge is 0.295 e. The predicted octanol–water partition coefficient (Wildman–Crippen LogP) is 4.21. The monoisotopic (exact) mass is 490 g/mol.